The van der Waals surface area contributed by atoms with Gasteiger partial charge < -0.3 is 15.7 Å². The van der Waals surface area contributed by atoms with Gasteiger partial charge in [0.25, 0.3) is 0 Å². The maximum absolute atomic E-state index is 8.92. The van der Waals surface area contributed by atoms with E-state index in [0.29, 0.717) is 5.69 Å². The summed E-state index contributed by atoms with van der Waals surface area (Å²) < 4.78 is 0. The maximum Gasteiger partial charge on any atom is 0.138 e. The van der Waals surface area contributed by atoms with Crippen LogP contribution in [-0.4, -0.2) is 31.1 Å². The molecule has 13 heavy (non-hydrogen) atoms. The molecule has 3 heteroatoms. The molecular formula is C10H18N2O. The minimum Gasteiger partial charge on any atom is -0.506 e. The van der Waals surface area contributed by atoms with Crippen molar-refractivity contribution in [3.63, 3.8) is 0 Å². The lowest BCUT2D eigenvalue weighted by Crippen LogP contribution is -1.99. The predicted molar refractivity (Wildman–Crippen MR) is 56.9 cm³/mol. The fourth-order valence-corrected chi connectivity index (χ4v) is 0.674. The zero-order chi connectivity index (χ0) is 10.4. The Morgan fingerprint density at radius 3 is 2.00 bits per heavy atom. The van der Waals surface area contributed by atoms with Crippen LogP contribution in [0.2, 0.25) is 0 Å². The number of nitrogens with zero attached hydrogens (tertiary/aromatic N) is 1. The minimum absolute atomic E-state index is 0.153. The van der Waals surface area contributed by atoms with Gasteiger partial charge in [-0.15, -0.1) is 0 Å². The SMILES string of the molecule is CN(C)C.Cc1ccc(O)c(N)c1. The smallest absolute Gasteiger partial charge is 0.138 e. The molecule has 0 aliphatic carbocycles. The fourth-order valence-electron chi connectivity index (χ4n) is 0.674. The van der Waals surface area contributed by atoms with Gasteiger partial charge in [0, 0.05) is 0 Å². The lowest BCUT2D eigenvalue weighted by Gasteiger charge is -1.97. The number of hydrogen-bond donors (Lipinski definition) is 2. The van der Waals surface area contributed by atoms with Crippen molar-refractivity contribution in [3.05, 3.63) is 23.8 Å². The molecule has 0 aliphatic rings. The van der Waals surface area contributed by atoms with Gasteiger partial charge in [0.05, 0.1) is 5.69 Å². The first-order valence-corrected chi connectivity index (χ1v) is 4.09. The van der Waals surface area contributed by atoms with Gasteiger partial charge in [-0.2, -0.15) is 0 Å². The Hall–Kier alpha value is -1.22. The van der Waals surface area contributed by atoms with Gasteiger partial charge in [-0.05, 0) is 45.8 Å². The molecule has 74 valence electrons. The summed E-state index contributed by atoms with van der Waals surface area (Å²) in [5.74, 6) is 0.153. The second-order valence-electron chi connectivity index (χ2n) is 3.40. The molecule has 0 saturated heterocycles. The Bertz CT molecular complexity index is 256. The number of aryl methyl sites for hydroxylation is 1. The van der Waals surface area contributed by atoms with Crippen molar-refractivity contribution in [1.29, 1.82) is 0 Å². The van der Waals surface area contributed by atoms with Gasteiger partial charge in [0.2, 0.25) is 0 Å². The molecule has 0 fully saturated rings. The number of phenolic OH excluding ortho intramolecular Hbond substituents is 1. The maximum atomic E-state index is 8.92. The Balaban J connectivity index is 0.000000310. The molecule has 0 radical (unpaired) electrons. The number of rotatable bonds is 0. The van der Waals surface area contributed by atoms with Gasteiger partial charge in [0.1, 0.15) is 5.75 Å². The third-order valence-corrected chi connectivity index (χ3v) is 1.18. The summed E-state index contributed by atoms with van der Waals surface area (Å²) in [6, 6.07) is 5.13. The molecule has 1 aromatic rings. The largest absolute Gasteiger partial charge is 0.506 e. The Morgan fingerprint density at radius 2 is 1.69 bits per heavy atom. The van der Waals surface area contributed by atoms with Crippen molar-refractivity contribution >= 4 is 5.69 Å². The second-order valence-corrected chi connectivity index (χ2v) is 3.40. The van der Waals surface area contributed by atoms with Gasteiger partial charge in [0.15, 0.2) is 0 Å². The molecule has 0 spiro atoms. The van der Waals surface area contributed by atoms with Crippen molar-refractivity contribution in [2.75, 3.05) is 26.9 Å². The number of hydrogen-bond acceptors (Lipinski definition) is 3. The Kier molecular flexibility index (Phi) is 4.92. The van der Waals surface area contributed by atoms with Crippen LogP contribution in [-0.2, 0) is 0 Å². The molecule has 0 aliphatic heterocycles. The number of benzene rings is 1. The van der Waals surface area contributed by atoms with Gasteiger partial charge in [-0.25, -0.2) is 0 Å². The van der Waals surface area contributed by atoms with Crippen molar-refractivity contribution in [2.24, 2.45) is 0 Å². The van der Waals surface area contributed by atoms with Crippen molar-refractivity contribution < 1.29 is 5.11 Å². The topological polar surface area (TPSA) is 49.5 Å². The van der Waals surface area contributed by atoms with Crippen LogP contribution >= 0.6 is 0 Å². The highest BCUT2D eigenvalue weighted by Gasteiger charge is 1.92. The summed E-state index contributed by atoms with van der Waals surface area (Å²) in [4.78, 5) is 2.00. The van der Waals surface area contributed by atoms with Crippen LogP contribution < -0.4 is 5.73 Å². The van der Waals surface area contributed by atoms with Crippen molar-refractivity contribution in [1.82, 2.24) is 4.90 Å². The second kappa shape index (κ2) is 5.43. The highest BCUT2D eigenvalue weighted by atomic mass is 16.3. The van der Waals surface area contributed by atoms with Gasteiger partial charge in [-0.3, -0.25) is 0 Å². The van der Waals surface area contributed by atoms with E-state index in [9.17, 15) is 0 Å². The Morgan fingerprint density at radius 1 is 1.23 bits per heavy atom. The first kappa shape index (κ1) is 11.8. The monoisotopic (exact) mass is 182 g/mol. The van der Waals surface area contributed by atoms with Crippen LogP contribution in [0.3, 0.4) is 0 Å². The first-order chi connectivity index (χ1) is 5.93. The van der Waals surface area contributed by atoms with E-state index in [-0.39, 0.29) is 5.75 Å². The van der Waals surface area contributed by atoms with Crippen molar-refractivity contribution in [2.45, 2.75) is 6.92 Å². The Labute approximate surface area is 79.8 Å². The molecule has 3 N–H and O–H groups in total. The predicted octanol–water partition coefficient (Wildman–Crippen LogP) is 1.46. The average molecular weight is 182 g/mol. The highest BCUT2D eigenvalue weighted by molar-refractivity contribution is 5.52. The number of anilines is 1. The number of phenols is 1. The minimum atomic E-state index is 0.153. The van der Waals surface area contributed by atoms with E-state index in [1.54, 1.807) is 12.1 Å². The standard InChI is InChI=1S/C7H9NO.C3H9N/c1-5-2-3-7(9)6(8)4-5;1-4(2)3/h2-4,9H,8H2,1H3;1-3H3. The zero-order valence-electron chi connectivity index (χ0n) is 8.70. The quantitative estimate of drug-likeness (QED) is 0.472. The molecule has 1 aromatic carbocycles. The third-order valence-electron chi connectivity index (χ3n) is 1.18. The number of nitrogens with two attached hydrogens (primary N) is 1. The summed E-state index contributed by atoms with van der Waals surface area (Å²) in [7, 11) is 6.00. The third kappa shape index (κ3) is 5.99. The van der Waals surface area contributed by atoms with Crippen LogP contribution in [0.25, 0.3) is 0 Å². The molecule has 1 rings (SSSR count). The summed E-state index contributed by atoms with van der Waals surface area (Å²) in [5, 5.41) is 8.92. The molecule has 0 atom stereocenters. The van der Waals surface area contributed by atoms with Gasteiger partial charge >= 0.3 is 0 Å². The van der Waals surface area contributed by atoms with E-state index in [0.717, 1.165) is 5.56 Å². The zero-order valence-corrected chi connectivity index (χ0v) is 8.70. The molecule has 0 unspecified atom stereocenters. The average Bonchev–Trinajstić information content (AvgIpc) is 1.96. The van der Waals surface area contributed by atoms with E-state index < -0.39 is 0 Å². The summed E-state index contributed by atoms with van der Waals surface area (Å²) >= 11 is 0. The summed E-state index contributed by atoms with van der Waals surface area (Å²) in [6.07, 6.45) is 0. The van der Waals surface area contributed by atoms with Crippen molar-refractivity contribution in [3.8, 4) is 5.75 Å². The van der Waals surface area contributed by atoms with E-state index in [4.69, 9.17) is 10.8 Å². The van der Waals surface area contributed by atoms with E-state index >= 15 is 0 Å². The van der Waals surface area contributed by atoms with Crippen LogP contribution in [0.15, 0.2) is 18.2 Å². The van der Waals surface area contributed by atoms with E-state index in [1.165, 1.54) is 0 Å². The number of nitrogen functional groups attached to an aromatic ring is 1. The summed E-state index contributed by atoms with van der Waals surface area (Å²) in [5.41, 5.74) is 6.87. The molecular weight excluding hydrogens is 164 g/mol. The molecule has 0 heterocycles. The fraction of sp³-hybridized carbons (Fsp3) is 0.400. The molecule has 0 bridgehead atoms. The van der Waals surface area contributed by atoms with Crippen LogP contribution in [0, 0.1) is 6.92 Å². The van der Waals surface area contributed by atoms with E-state index in [2.05, 4.69) is 0 Å². The first-order valence-electron chi connectivity index (χ1n) is 4.09. The van der Waals surface area contributed by atoms with Gasteiger partial charge in [-0.1, -0.05) is 6.07 Å². The van der Waals surface area contributed by atoms with E-state index in [1.807, 2.05) is 39.0 Å². The number of aromatic hydroxyl groups is 1. The van der Waals surface area contributed by atoms with Crippen LogP contribution in [0.1, 0.15) is 5.56 Å². The molecule has 0 aromatic heterocycles. The summed E-state index contributed by atoms with van der Waals surface area (Å²) in [6.45, 7) is 1.93. The highest BCUT2D eigenvalue weighted by Crippen LogP contribution is 2.19. The lowest BCUT2D eigenvalue weighted by atomic mass is 10.2. The normalized spacial score (nSPS) is 9.31. The molecule has 0 saturated carbocycles. The van der Waals surface area contributed by atoms with Crippen LogP contribution in [0.5, 0.6) is 5.75 Å². The molecule has 0 amide bonds. The van der Waals surface area contributed by atoms with Crippen LogP contribution in [0.4, 0.5) is 5.69 Å². The molecule has 3 nitrogen and oxygen atoms in total. The lowest BCUT2D eigenvalue weighted by molar-refractivity contribution is 0.478.